The molecule has 3 aromatic carbocycles. The first-order valence-electron chi connectivity index (χ1n) is 14.9. The van der Waals surface area contributed by atoms with Crippen molar-refractivity contribution in [3.05, 3.63) is 84.1 Å². The molecule has 5 aromatic rings. The van der Waals surface area contributed by atoms with Crippen LogP contribution in [0, 0.1) is 0 Å². The van der Waals surface area contributed by atoms with Crippen molar-refractivity contribution in [3.8, 4) is 5.75 Å². The maximum atomic E-state index is 12.8. The maximum absolute atomic E-state index is 12.8. The van der Waals surface area contributed by atoms with Crippen LogP contribution < -0.4 is 19.9 Å². The van der Waals surface area contributed by atoms with Crippen molar-refractivity contribution in [1.29, 1.82) is 0 Å². The lowest BCUT2D eigenvalue weighted by molar-refractivity contribution is 0.204. The first-order valence-corrected chi connectivity index (χ1v) is 16.8. The number of hydrogen-bond acceptors (Lipinski definition) is 9. The van der Waals surface area contributed by atoms with Crippen molar-refractivity contribution < 1.29 is 23.1 Å². The van der Waals surface area contributed by atoms with Gasteiger partial charge in [0.2, 0.25) is 11.9 Å². The lowest BCUT2D eigenvalue weighted by Gasteiger charge is -2.28. The standard InChI is InChI=1S/C34H39N7O5S/c1-21(47(8,44)45)22-9-11-23(12-10-22)36-31-35-18-17-30(38-31)39(5)24-13-15-29-27(19-24)37-32(40(29)6)41(33(42)43)28-16-14-25(46-7)20-26(28)34(2,3)4/h9-21H,1-8H3,(H,42,43)(H,35,36,38). The molecule has 2 aromatic heterocycles. The molecule has 2 N–H and O–H groups in total. The second-order valence-corrected chi connectivity index (χ2v) is 14.8. The zero-order valence-corrected chi connectivity index (χ0v) is 28.5. The van der Waals surface area contributed by atoms with Crippen LogP contribution in [0.5, 0.6) is 5.75 Å². The van der Waals surface area contributed by atoms with Crippen molar-refractivity contribution in [3.63, 3.8) is 0 Å². The topological polar surface area (TPSA) is 143 Å². The highest BCUT2D eigenvalue weighted by Gasteiger charge is 2.30. The Kier molecular flexibility index (Phi) is 8.87. The number of nitrogens with one attached hydrogen (secondary N) is 1. The second kappa shape index (κ2) is 12.6. The predicted molar refractivity (Wildman–Crippen MR) is 186 cm³/mol. The summed E-state index contributed by atoms with van der Waals surface area (Å²) in [5.74, 6) is 1.88. The highest BCUT2D eigenvalue weighted by Crippen LogP contribution is 2.39. The molecule has 13 heteroatoms. The van der Waals surface area contributed by atoms with Gasteiger partial charge in [0, 0.05) is 37.9 Å². The molecule has 0 aliphatic carbocycles. The van der Waals surface area contributed by atoms with Gasteiger partial charge in [-0.25, -0.2) is 28.1 Å². The van der Waals surface area contributed by atoms with Gasteiger partial charge in [0.15, 0.2) is 9.84 Å². The van der Waals surface area contributed by atoms with Crippen LogP contribution in [0.3, 0.4) is 0 Å². The Morgan fingerprint density at radius 3 is 2.34 bits per heavy atom. The van der Waals surface area contributed by atoms with Crippen molar-refractivity contribution in [2.45, 2.75) is 38.4 Å². The van der Waals surface area contributed by atoms with Gasteiger partial charge in [0.25, 0.3) is 0 Å². The van der Waals surface area contributed by atoms with E-state index < -0.39 is 21.2 Å². The summed E-state index contributed by atoms with van der Waals surface area (Å²) < 4.78 is 31.0. The Bertz CT molecular complexity index is 2050. The number of imidazole rings is 1. The van der Waals surface area contributed by atoms with E-state index in [9.17, 15) is 18.3 Å². The number of fused-ring (bicyclic) bond motifs is 1. The third-order valence-electron chi connectivity index (χ3n) is 8.14. The minimum atomic E-state index is -3.20. The van der Waals surface area contributed by atoms with Gasteiger partial charge >= 0.3 is 6.09 Å². The molecular weight excluding hydrogens is 618 g/mol. The van der Waals surface area contributed by atoms with Gasteiger partial charge in [-0.1, -0.05) is 32.9 Å². The van der Waals surface area contributed by atoms with Crippen LogP contribution in [0.4, 0.5) is 39.6 Å². The van der Waals surface area contributed by atoms with E-state index in [0.717, 1.165) is 16.8 Å². The monoisotopic (exact) mass is 657 g/mol. The predicted octanol–water partition coefficient (Wildman–Crippen LogP) is 7.10. The number of anilines is 6. The molecular formula is C34H39N7O5S. The van der Waals surface area contributed by atoms with Crippen molar-refractivity contribution in [2.24, 2.45) is 7.05 Å². The molecule has 2 heterocycles. The van der Waals surface area contributed by atoms with E-state index in [4.69, 9.17) is 9.72 Å². The number of carbonyl (C=O) groups is 1. The summed E-state index contributed by atoms with van der Waals surface area (Å²) in [6, 6.07) is 20.0. The van der Waals surface area contributed by atoms with Crippen LogP contribution in [0.25, 0.3) is 11.0 Å². The lowest BCUT2D eigenvalue weighted by Crippen LogP contribution is -2.29. The first-order chi connectivity index (χ1) is 22.1. The van der Waals surface area contributed by atoms with Crippen molar-refractivity contribution in [1.82, 2.24) is 19.5 Å². The summed E-state index contributed by atoms with van der Waals surface area (Å²) in [6.45, 7) is 7.73. The van der Waals surface area contributed by atoms with Gasteiger partial charge in [-0.15, -0.1) is 0 Å². The molecule has 0 fully saturated rings. The average molecular weight is 658 g/mol. The van der Waals surface area contributed by atoms with Crippen molar-refractivity contribution in [2.75, 3.05) is 35.5 Å². The first kappa shape index (κ1) is 33.2. The molecule has 0 bridgehead atoms. The van der Waals surface area contributed by atoms with E-state index in [1.54, 1.807) is 74.3 Å². The molecule has 12 nitrogen and oxygen atoms in total. The Morgan fingerprint density at radius 2 is 1.72 bits per heavy atom. The molecule has 246 valence electrons. The quantitative estimate of drug-likeness (QED) is 0.168. The van der Waals surface area contributed by atoms with E-state index in [1.165, 1.54) is 11.2 Å². The summed E-state index contributed by atoms with van der Waals surface area (Å²) in [7, 11) is 2.04. The summed E-state index contributed by atoms with van der Waals surface area (Å²) in [5.41, 5.74) is 4.50. The molecule has 1 atom stereocenters. The SMILES string of the molecule is COc1ccc(N(C(=O)O)c2nc3cc(N(C)c4ccnc(Nc5ccc(C(C)S(C)(=O)=O)cc5)n4)ccc3n2C)c(C(C)(C)C)c1. The molecule has 0 radical (unpaired) electrons. The Hall–Kier alpha value is -5.17. The number of methoxy groups -OCH3 is 1. The van der Waals surface area contributed by atoms with E-state index >= 15 is 0 Å². The molecule has 1 amide bonds. The number of carboxylic acid groups (broad SMARTS) is 1. The molecule has 5 rings (SSSR count). The zero-order valence-electron chi connectivity index (χ0n) is 27.7. The van der Waals surface area contributed by atoms with Crippen LogP contribution in [0.15, 0.2) is 72.9 Å². The third kappa shape index (κ3) is 6.85. The highest BCUT2D eigenvalue weighted by molar-refractivity contribution is 7.90. The number of aromatic nitrogens is 4. The number of ether oxygens (including phenoxy) is 1. The average Bonchev–Trinajstić information content (AvgIpc) is 3.34. The Labute approximate surface area is 274 Å². The largest absolute Gasteiger partial charge is 0.497 e. The van der Waals surface area contributed by atoms with E-state index in [1.807, 2.05) is 57.0 Å². The van der Waals surface area contributed by atoms with Gasteiger partial charge in [-0.3, -0.25) is 0 Å². The number of benzene rings is 3. The van der Waals surface area contributed by atoms with Gasteiger partial charge in [0.05, 0.1) is 29.1 Å². The number of amides is 1. The van der Waals surface area contributed by atoms with E-state index in [0.29, 0.717) is 40.0 Å². The maximum Gasteiger partial charge on any atom is 0.418 e. The number of rotatable bonds is 9. The van der Waals surface area contributed by atoms with Gasteiger partial charge < -0.3 is 24.6 Å². The number of nitrogens with zero attached hydrogens (tertiary/aromatic N) is 6. The molecule has 47 heavy (non-hydrogen) atoms. The van der Waals surface area contributed by atoms with Crippen molar-refractivity contribution >= 4 is 61.7 Å². The fourth-order valence-electron chi connectivity index (χ4n) is 5.26. The summed E-state index contributed by atoms with van der Waals surface area (Å²) in [5, 5.41) is 13.0. The highest BCUT2D eigenvalue weighted by atomic mass is 32.2. The fraction of sp³-hybridized carbons (Fsp3) is 0.294. The molecule has 0 saturated carbocycles. The molecule has 0 spiro atoms. The van der Waals surface area contributed by atoms with Gasteiger partial charge in [-0.05, 0) is 78.1 Å². The van der Waals surface area contributed by atoms with E-state index in [-0.39, 0.29) is 11.4 Å². The van der Waals surface area contributed by atoms with Crippen LogP contribution >= 0.6 is 0 Å². The summed E-state index contributed by atoms with van der Waals surface area (Å²) >= 11 is 0. The van der Waals surface area contributed by atoms with Crippen LogP contribution in [0.1, 0.15) is 44.1 Å². The smallest absolute Gasteiger partial charge is 0.418 e. The molecule has 1 unspecified atom stereocenters. The third-order valence-corrected chi connectivity index (χ3v) is 9.69. The molecule has 0 saturated heterocycles. The Balaban J connectivity index is 1.44. The number of aryl methyl sites for hydroxylation is 1. The van der Waals surface area contributed by atoms with E-state index in [2.05, 4.69) is 15.3 Å². The second-order valence-electron chi connectivity index (χ2n) is 12.4. The molecule has 0 aliphatic rings. The minimum absolute atomic E-state index is 0.258. The Morgan fingerprint density at radius 1 is 1.02 bits per heavy atom. The zero-order chi connectivity index (χ0) is 34.3. The van der Waals surface area contributed by atoms with Crippen LogP contribution in [0.2, 0.25) is 0 Å². The lowest BCUT2D eigenvalue weighted by atomic mass is 9.85. The van der Waals surface area contributed by atoms with Crippen LogP contribution in [-0.2, 0) is 22.3 Å². The number of sulfone groups is 1. The van der Waals surface area contributed by atoms with Gasteiger partial charge in [0.1, 0.15) is 11.6 Å². The summed E-state index contributed by atoms with van der Waals surface area (Å²) in [4.78, 5) is 29.7. The minimum Gasteiger partial charge on any atom is -0.497 e. The number of hydrogen-bond donors (Lipinski definition) is 2. The van der Waals surface area contributed by atoms with Gasteiger partial charge in [-0.2, -0.15) is 4.98 Å². The molecule has 0 aliphatic heterocycles. The fourth-order valence-corrected chi connectivity index (χ4v) is 5.91. The summed E-state index contributed by atoms with van der Waals surface area (Å²) in [6.07, 6.45) is 1.71. The van der Waals surface area contributed by atoms with Crippen LogP contribution in [-0.4, -0.2) is 59.5 Å². The normalized spacial score (nSPS) is 12.5.